The van der Waals surface area contributed by atoms with Crippen molar-refractivity contribution in [2.75, 3.05) is 6.61 Å². The van der Waals surface area contributed by atoms with Crippen LogP contribution >= 0.6 is 0 Å². The summed E-state index contributed by atoms with van der Waals surface area (Å²) in [6, 6.07) is 0.409. The Morgan fingerprint density at radius 2 is 1.82 bits per heavy atom. The lowest BCUT2D eigenvalue weighted by molar-refractivity contribution is -0.149. The molecule has 3 aliphatic rings. The van der Waals surface area contributed by atoms with Crippen LogP contribution in [0.1, 0.15) is 64.7 Å². The second-order valence-electron chi connectivity index (χ2n) is 7.02. The first-order valence-corrected chi connectivity index (χ1v) is 7.53. The van der Waals surface area contributed by atoms with Gasteiger partial charge in [0, 0.05) is 12.6 Å². The number of rotatable bonds is 2. The third-order valence-electron chi connectivity index (χ3n) is 5.85. The van der Waals surface area contributed by atoms with Crippen LogP contribution in [-0.2, 0) is 4.74 Å². The summed E-state index contributed by atoms with van der Waals surface area (Å²) in [4.78, 5) is 0. The molecular weight excluding hydrogens is 210 g/mol. The zero-order valence-corrected chi connectivity index (χ0v) is 11.2. The molecule has 1 saturated heterocycles. The maximum atomic E-state index is 6.63. The van der Waals surface area contributed by atoms with Gasteiger partial charge in [0.1, 0.15) is 0 Å². The maximum absolute atomic E-state index is 6.63. The molecule has 2 N–H and O–H groups in total. The Hall–Kier alpha value is -0.0800. The lowest BCUT2D eigenvalue weighted by Crippen LogP contribution is -2.52. The van der Waals surface area contributed by atoms with Gasteiger partial charge in [-0.1, -0.05) is 19.8 Å². The molecule has 2 saturated carbocycles. The average molecular weight is 237 g/mol. The number of hydrogen-bond acceptors (Lipinski definition) is 2. The third-order valence-corrected chi connectivity index (χ3v) is 5.85. The predicted octanol–water partition coefficient (Wildman–Crippen LogP) is 3.24. The van der Waals surface area contributed by atoms with E-state index in [4.69, 9.17) is 10.5 Å². The van der Waals surface area contributed by atoms with Crippen LogP contribution in [0, 0.1) is 11.3 Å². The highest BCUT2D eigenvalue weighted by Crippen LogP contribution is 2.49. The molecular formula is C15H27NO. The van der Waals surface area contributed by atoms with Gasteiger partial charge in [0.2, 0.25) is 0 Å². The summed E-state index contributed by atoms with van der Waals surface area (Å²) in [5, 5.41) is 0. The Kier molecular flexibility index (Phi) is 2.99. The van der Waals surface area contributed by atoms with Gasteiger partial charge in [-0.15, -0.1) is 0 Å². The Morgan fingerprint density at radius 3 is 2.41 bits per heavy atom. The molecule has 2 atom stereocenters. The number of hydrogen-bond donors (Lipinski definition) is 1. The van der Waals surface area contributed by atoms with Gasteiger partial charge < -0.3 is 10.5 Å². The van der Waals surface area contributed by atoms with Gasteiger partial charge in [0.15, 0.2) is 0 Å². The Labute approximate surface area is 105 Å². The summed E-state index contributed by atoms with van der Waals surface area (Å²) < 4.78 is 6.02. The molecule has 0 aromatic rings. The molecule has 0 amide bonds. The van der Waals surface area contributed by atoms with Crippen molar-refractivity contribution in [1.29, 1.82) is 0 Å². The van der Waals surface area contributed by atoms with Gasteiger partial charge in [0.25, 0.3) is 0 Å². The van der Waals surface area contributed by atoms with Crippen LogP contribution in [0.25, 0.3) is 0 Å². The van der Waals surface area contributed by atoms with E-state index in [1.165, 1.54) is 57.8 Å². The van der Waals surface area contributed by atoms with E-state index in [2.05, 4.69) is 6.92 Å². The topological polar surface area (TPSA) is 35.2 Å². The SMILES string of the molecule is CC1(C(N)C2CCOC3(CCC3)C2)CCCC1. The molecule has 17 heavy (non-hydrogen) atoms. The van der Waals surface area contributed by atoms with Gasteiger partial charge >= 0.3 is 0 Å². The Balaban J connectivity index is 1.66. The molecule has 3 rings (SSSR count). The molecule has 1 aliphatic heterocycles. The van der Waals surface area contributed by atoms with Crippen LogP contribution in [0.5, 0.6) is 0 Å². The van der Waals surface area contributed by atoms with E-state index >= 15 is 0 Å². The Bertz CT molecular complexity index is 279. The van der Waals surface area contributed by atoms with E-state index in [9.17, 15) is 0 Å². The monoisotopic (exact) mass is 237 g/mol. The summed E-state index contributed by atoms with van der Waals surface area (Å²) in [7, 11) is 0. The van der Waals surface area contributed by atoms with Gasteiger partial charge in [-0.3, -0.25) is 0 Å². The van der Waals surface area contributed by atoms with Crippen molar-refractivity contribution >= 4 is 0 Å². The summed E-state index contributed by atoms with van der Waals surface area (Å²) in [6.45, 7) is 3.38. The van der Waals surface area contributed by atoms with Crippen LogP contribution in [0.15, 0.2) is 0 Å². The minimum absolute atomic E-state index is 0.259. The van der Waals surface area contributed by atoms with E-state index in [1.54, 1.807) is 0 Å². The molecule has 2 nitrogen and oxygen atoms in total. The van der Waals surface area contributed by atoms with Crippen LogP contribution in [0.2, 0.25) is 0 Å². The van der Waals surface area contributed by atoms with Crippen molar-refractivity contribution in [3.05, 3.63) is 0 Å². The molecule has 2 unspecified atom stereocenters. The van der Waals surface area contributed by atoms with E-state index in [0.29, 0.717) is 17.4 Å². The molecule has 0 bridgehead atoms. The highest BCUT2D eigenvalue weighted by molar-refractivity contribution is 5.00. The third kappa shape index (κ3) is 2.04. The summed E-state index contributed by atoms with van der Waals surface area (Å²) >= 11 is 0. The van der Waals surface area contributed by atoms with Crippen molar-refractivity contribution in [2.24, 2.45) is 17.1 Å². The maximum Gasteiger partial charge on any atom is 0.0685 e. The van der Waals surface area contributed by atoms with Gasteiger partial charge in [-0.25, -0.2) is 0 Å². The molecule has 0 radical (unpaired) electrons. The van der Waals surface area contributed by atoms with E-state index < -0.39 is 0 Å². The van der Waals surface area contributed by atoms with E-state index in [-0.39, 0.29) is 5.60 Å². The fourth-order valence-corrected chi connectivity index (χ4v) is 4.38. The largest absolute Gasteiger partial charge is 0.375 e. The van der Waals surface area contributed by atoms with Crippen molar-refractivity contribution in [3.8, 4) is 0 Å². The molecule has 98 valence electrons. The van der Waals surface area contributed by atoms with Crippen LogP contribution < -0.4 is 5.73 Å². The second kappa shape index (κ2) is 4.24. The first kappa shape index (κ1) is 12.0. The van der Waals surface area contributed by atoms with Crippen molar-refractivity contribution < 1.29 is 4.74 Å². The van der Waals surface area contributed by atoms with Crippen LogP contribution in [0.3, 0.4) is 0 Å². The number of nitrogens with two attached hydrogens (primary N) is 1. The quantitative estimate of drug-likeness (QED) is 0.800. The minimum Gasteiger partial charge on any atom is -0.375 e. The van der Waals surface area contributed by atoms with Crippen molar-refractivity contribution in [3.63, 3.8) is 0 Å². The fraction of sp³-hybridized carbons (Fsp3) is 1.00. The highest BCUT2D eigenvalue weighted by Gasteiger charge is 2.47. The summed E-state index contributed by atoms with van der Waals surface area (Å²) in [5.74, 6) is 0.715. The molecule has 2 heteroatoms. The average Bonchev–Trinajstić information content (AvgIpc) is 2.75. The van der Waals surface area contributed by atoms with Crippen molar-refractivity contribution in [2.45, 2.75) is 76.4 Å². The van der Waals surface area contributed by atoms with Crippen LogP contribution in [-0.4, -0.2) is 18.2 Å². The zero-order chi connectivity index (χ0) is 11.9. The lowest BCUT2D eigenvalue weighted by Gasteiger charge is -2.50. The molecule has 2 aliphatic carbocycles. The van der Waals surface area contributed by atoms with Crippen LogP contribution in [0.4, 0.5) is 0 Å². The molecule has 1 spiro atoms. The van der Waals surface area contributed by atoms with Gasteiger partial charge in [-0.2, -0.15) is 0 Å². The lowest BCUT2D eigenvalue weighted by atomic mass is 9.66. The van der Waals surface area contributed by atoms with Gasteiger partial charge in [0.05, 0.1) is 5.60 Å². The number of ether oxygens (including phenoxy) is 1. The smallest absolute Gasteiger partial charge is 0.0685 e. The summed E-state index contributed by atoms with van der Waals surface area (Å²) in [5.41, 5.74) is 7.32. The molecule has 0 aromatic carbocycles. The second-order valence-corrected chi connectivity index (χ2v) is 7.02. The first-order chi connectivity index (χ1) is 8.14. The predicted molar refractivity (Wildman–Crippen MR) is 69.8 cm³/mol. The molecule has 1 heterocycles. The molecule has 0 aromatic heterocycles. The van der Waals surface area contributed by atoms with E-state index in [1.807, 2.05) is 0 Å². The highest BCUT2D eigenvalue weighted by atomic mass is 16.5. The van der Waals surface area contributed by atoms with Crippen molar-refractivity contribution in [1.82, 2.24) is 0 Å². The Morgan fingerprint density at radius 1 is 1.12 bits per heavy atom. The fourth-order valence-electron chi connectivity index (χ4n) is 4.38. The van der Waals surface area contributed by atoms with Gasteiger partial charge in [-0.05, 0) is 56.3 Å². The minimum atomic E-state index is 0.259. The zero-order valence-electron chi connectivity index (χ0n) is 11.2. The molecule has 3 fully saturated rings. The first-order valence-electron chi connectivity index (χ1n) is 7.53. The normalized spacial score (nSPS) is 36.7. The van der Waals surface area contributed by atoms with E-state index in [0.717, 1.165) is 6.61 Å². The standard InChI is InChI=1S/C15H27NO/c1-14(6-2-3-7-14)13(16)12-5-10-17-15(11-12)8-4-9-15/h12-13H,2-11,16H2,1H3. The summed E-state index contributed by atoms with van der Waals surface area (Å²) in [6.07, 6.45) is 11.8.